The van der Waals surface area contributed by atoms with Crippen LogP contribution >= 0.6 is 12.4 Å². The van der Waals surface area contributed by atoms with Gasteiger partial charge in [-0.25, -0.2) is 0 Å². The lowest BCUT2D eigenvalue weighted by atomic mass is 9.74. The maximum Gasteiger partial charge on any atom is 0.237 e. The smallest absolute Gasteiger partial charge is 0.237 e. The molecule has 4 rings (SSSR count). The van der Waals surface area contributed by atoms with Crippen LogP contribution in [0.3, 0.4) is 0 Å². The lowest BCUT2D eigenvalue weighted by molar-refractivity contribution is -0.123. The second-order valence-corrected chi connectivity index (χ2v) is 8.67. The zero-order valence-corrected chi connectivity index (χ0v) is 18.3. The first-order chi connectivity index (χ1) is 13.7. The van der Waals surface area contributed by atoms with Crippen LogP contribution < -0.4 is 15.4 Å². The molecule has 1 amide bonds. The molecule has 1 aromatic rings. The summed E-state index contributed by atoms with van der Waals surface area (Å²) in [5.74, 6) is 1.76. The van der Waals surface area contributed by atoms with Crippen molar-refractivity contribution in [1.82, 2.24) is 10.6 Å². The minimum atomic E-state index is -0.0516. The zero-order valence-electron chi connectivity index (χ0n) is 17.5. The van der Waals surface area contributed by atoms with Gasteiger partial charge in [-0.15, -0.1) is 12.4 Å². The topological polar surface area (TPSA) is 59.6 Å². The van der Waals surface area contributed by atoms with Gasteiger partial charge in [-0.1, -0.05) is 25.0 Å². The van der Waals surface area contributed by atoms with Gasteiger partial charge < -0.3 is 20.1 Å². The summed E-state index contributed by atoms with van der Waals surface area (Å²) < 4.78 is 11.2. The fraction of sp³-hybridized carbons (Fsp3) is 0.696. The van der Waals surface area contributed by atoms with E-state index in [0.29, 0.717) is 25.1 Å². The number of hydrogen-bond acceptors (Lipinski definition) is 4. The van der Waals surface area contributed by atoms with Gasteiger partial charge in [0.15, 0.2) is 0 Å². The number of benzene rings is 1. The molecule has 0 spiro atoms. The number of carbonyl (C=O) groups is 1. The number of fused-ring (bicyclic) bond motifs is 1. The first kappa shape index (κ1) is 22.4. The van der Waals surface area contributed by atoms with Gasteiger partial charge in [0.1, 0.15) is 5.75 Å². The third-order valence-electron chi connectivity index (χ3n) is 7.01. The van der Waals surface area contributed by atoms with Gasteiger partial charge in [-0.3, -0.25) is 4.79 Å². The standard InChI is InChI=1S/C23H34N2O3.ClH/c1-2-28-19-9-7-18(8-10-19)23(11-13-27-14-12-23)16-24-22(26)21-15-17-5-3-4-6-20(17)25-21;/h7-10,17,20-21,25H,2-6,11-16H2,1H3,(H,24,26);1H. The van der Waals surface area contributed by atoms with Crippen LogP contribution in [0.4, 0.5) is 0 Å². The first-order valence-corrected chi connectivity index (χ1v) is 11.0. The van der Waals surface area contributed by atoms with Crippen molar-refractivity contribution in [1.29, 1.82) is 0 Å². The second-order valence-electron chi connectivity index (χ2n) is 8.67. The summed E-state index contributed by atoms with van der Waals surface area (Å²) in [6.07, 6.45) is 7.98. The molecule has 1 aromatic carbocycles. The summed E-state index contributed by atoms with van der Waals surface area (Å²) in [6.45, 7) is 4.84. The molecule has 3 fully saturated rings. The number of hydrogen-bond donors (Lipinski definition) is 2. The van der Waals surface area contributed by atoms with Crippen molar-refractivity contribution in [3.63, 3.8) is 0 Å². The molecule has 0 aromatic heterocycles. The van der Waals surface area contributed by atoms with E-state index in [-0.39, 0.29) is 29.8 Å². The van der Waals surface area contributed by atoms with Crippen molar-refractivity contribution in [2.45, 2.75) is 69.4 Å². The highest BCUT2D eigenvalue weighted by atomic mass is 35.5. The van der Waals surface area contributed by atoms with E-state index in [1.165, 1.54) is 31.2 Å². The van der Waals surface area contributed by atoms with Crippen LogP contribution in [-0.2, 0) is 14.9 Å². The van der Waals surface area contributed by atoms with Gasteiger partial charge >= 0.3 is 0 Å². The van der Waals surface area contributed by atoms with Gasteiger partial charge in [0, 0.05) is 31.2 Å². The van der Waals surface area contributed by atoms with E-state index in [0.717, 1.165) is 38.2 Å². The van der Waals surface area contributed by atoms with Crippen LogP contribution in [0.25, 0.3) is 0 Å². The van der Waals surface area contributed by atoms with Crippen LogP contribution in [0.15, 0.2) is 24.3 Å². The Morgan fingerprint density at radius 1 is 1.21 bits per heavy atom. The highest BCUT2D eigenvalue weighted by Crippen LogP contribution is 2.36. The Morgan fingerprint density at radius 3 is 2.62 bits per heavy atom. The minimum absolute atomic E-state index is 0. The van der Waals surface area contributed by atoms with E-state index in [9.17, 15) is 4.79 Å². The number of halogens is 1. The van der Waals surface area contributed by atoms with Crippen LogP contribution in [0, 0.1) is 5.92 Å². The molecule has 1 saturated carbocycles. The fourth-order valence-corrected chi connectivity index (χ4v) is 5.30. The molecule has 0 radical (unpaired) electrons. The lowest BCUT2D eigenvalue weighted by Gasteiger charge is -2.38. The molecule has 3 atom stereocenters. The van der Waals surface area contributed by atoms with Gasteiger partial charge in [0.25, 0.3) is 0 Å². The average Bonchev–Trinajstić information content (AvgIpc) is 3.18. The molecule has 5 nitrogen and oxygen atoms in total. The van der Waals surface area contributed by atoms with Crippen LogP contribution in [0.2, 0.25) is 0 Å². The fourth-order valence-electron chi connectivity index (χ4n) is 5.30. The molecular formula is C23H35ClN2O3. The highest BCUT2D eigenvalue weighted by Gasteiger charge is 2.40. The van der Waals surface area contributed by atoms with Gasteiger partial charge in [-0.05, 0) is 62.6 Å². The number of amides is 1. The van der Waals surface area contributed by atoms with E-state index in [1.807, 2.05) is 19.1 Å². The molecule has 162 valence electrons. The summed E-state index contributed by atoms with van der Waals surface area (Å²) in [5, 5.41) is 6.90. The Bertz CT molecular complexity index is 647. The Kier molecular flexibility index (Phi) is 7.83. The van der Waals surface area contributed by atoms with Crippen LogP contribution in [0.5, 0.6) is 5.75 Å². The summed E-state index contributed by atoms with van der Waals surface area (Å²) in [7, 11) is 0. The molecule has 3 aliphatic rings. The second kappa shape index (κ2) is 10.1. The number of rotatable bonds is 6. The number of carbonyl (C=O) groups excluding carboxylic acids is 1. The molecule has 2 saturated heterocycles. The van der Waals surface area contributed by atoms with Crippen LogP contribution in [0.1, 0.15) is 57.4 Å². The van der Waals surface area contributed by atoms with E-state index in [1.54, 1.807) is 0 Å². The van der Waals surface area contributed by atoms with Gasteiger partial charge in [0.05, 0.1) is 12.6 Å². The number of nitrogens with one attached hydrogen (secondary N) is 2. The van der Waals surface area contributed by atoms with E-state index in [2.05, 4.69) is 22.8 Å². The van der Waals surface area contributed by atoms with E-state index in [4.69, 9.17) is 9.47 Å². The Labute approximate surface area is 180 Å². The highest BCUT2D eigenvalue weighted by molar-refractivity contribution is 5.85. The molecule has 29 heavy (non-hydrogen) atoms. The van der Waals surface area contributed by atoms with Gasteiger partial charge in [0.2, 0.25) is 5.91 Å². The summed E-state index contributed by atoms with van der Waals surface area (Å²) in [4.78, 5) is 12.9. The van der Waals surface area contributed by atoms with Crippen molar-refractivity contribution in [2.75, 3.05) is 26.4 Å². The van der Waals surface area contributed by atoms with E-state index < -0.39 is 0 Å². The van der Waals surface area contributed by atoms with Crippen molar-refractivity contribution >= 4 is 18.3 Å². The quantitative estimate of drug-likeness (QED) is 0.735. The Balaban J connectivity index is 0.00000240. The SMILES string of the molecule is CCOc1ccc(C2(CNC(=O)C3CC4CCCCC4N3)CCOCC2)cc1.Cl. The third-order valence-corrected chi connectivity index (χ3v) is 7.01. The molecule has 6 heteroatoms. The molecule has 2 aliphatic heterocycles. The largest absolute Gasteiger partial charge is 0.494 e. The predicted octanol–water partition coefficient (Wildman–Crippen LogP) is 3.59. The van der Waals surface area contributed by atoms with Gasteiger partial charge in [-0.2, -0.15) is 0 Å². The normalized spacial score (nSPS) is 28.1. The van der Waals surface area contributed by atoms with Crippen molar-refractivity contribution in [2.24, 2.45) is 5.92 Å². The first-order valence-electron chi connectivity index (χ1n) is 11.0. The zero-order chi connectivity index (χ0) is 19.4. The Hall–Kier alpha value is -1.30. The van der Waals surface area contributed by atoms with E-state index >= 15 is 0 Å². The maximum absolute atomic E-state index is 12.9. The number of ether oxygens (including phenoxy) is 2. The summed E-state index contributed by atoms with van der Waals surface area (Å²) in [6, 6.07) is 8.93. The molecule has 2 N–H and O–H groups in total. The average molecular weight is 423 g/mol. The molecule has 1 aliphatic carbocycles. The third kappa shape index (κ3) is 5.07. The molecule has 3 unspecified atom stereocenters. The van der Waals surface area contributed by atoms with Crippen molar-refractivity contribution < 1.29 is 14.3 Å². The summed E-state index contributed by atoms with van der Waals surface area (Å²) >= 11 is 0. The predicted molar refractivity (Wildman–Crippen MR) is 117 cm³/mol. The Morgan fingerprint density at radius 2 is 1.93 bits per heavy atom. The molecule has 0 bridgehead atoms. The van der Waals surface area contributed by atoms with Crippen molar-refractivity contribution in [3.8, 4) is 5.75 Å². The van der Waals surface area contributed by atoms with Crippen molar-refractivity contribution in [3.05, 3.63) is 29.8 Å². The lowest BCUT2D eigenvalue weighted by Crippen LogP contribution is -2.49. The van der Waals surface area contributed by atoms with Crippen LogP contribution in [-0.4, -0.2) is 44.4 Å². The minimum Gasteiger partial charge on any atom is -0.494 e. The molecular weight excluding hydrogens is 388 g/mol. The molecule has 2 heterocycles. The summed E-state index contributed by atoms with van der Waals surface area (Å²) in [5.41, 5.74) is 1.22. The monoisotopic (exact) mass is 422 g/mol. The maximum atomic E-state index is 12.9.